The van der Waals surface area contributed by atoms with Crippen LogP contribution in [0.2, 0.25) is 0 Å². The first-order chi connectivity index (χ1) is 6.22. The van der Waals surface area contributed by atoms with Crippen LogP contribution in [0.3, 0.4) is 0 Å². The molecule has 1 aliphatic rings. The van der Waals surface area contributed by atoms with Crippen molar-refractivity contribution in [1.82, 2.24) is 5.32 Å². The van der Waals surface area contributed by atoms with Gasteiger partial charge in [0.2, 0.25) is 5.91 Å². The molecule has 1 amide bonds. The highest BCUT2D eigenvalue weighted by atomic mass is 16.1. The lowest BCUT2D eigenvalue weighted by molar-refractivity contribution is -0.116. The van der Waals surface area contributed by atoms with E-state index in [-0.39, 0.29) is 5.91 Å². The molecule has 72 valence electrons. The summed E-state index contributed by atoms with van der Waals surface area (Å²) in [6.07, 6.45) is 5.89. The zero-order valence-electron chi connectivity index (χ0n) is 8.01. The fraction of sp³-hybridized carbons (Fsp3) is 0.545. The minimum atomic E-state index is -0.0654. The molecule has 0 aromatic carbocycles. The van der Waals surface area contributed by atoms with Crippen molar-refractivity contribution in [2.24, 2.45) is 5.92 Å². The van der Waals surface area contributed by atoms with Gasteiger partial charge in [-0.1, -0.05) is 18.7 Å². The molecule has 0 heterocycles. The van der Waals surface area contributed by atoms with E-state index in [0.29, 0.717) is 5.92 Å². The van der Waals surface area contributed by atoms with E-state index in [1.807, 2.05) is 0 Å². The molecule has 0 saturated heterocycles. The lowest BCUT2D eigenvalue weighted by Gasteiger charge is -2.23. The van der Waals surface area contributed by atoms with Crippen LogP contribution in [-0.4, -0.2) is 12.5 Å². The average Bonchev–Trinajstić information content (AvgIpc) is 2.16. The van der Waals surface area contributed by atoms with Crippen LogP contribution in [0.4, 0.5) is 0 Å². The Balaban J connectivity index is 2.19. The highest BCUT2D eigenvalue weighted by Crippen LogP contribution is 2.26. The maximum Gasteiger partial charge on any atom is 0.243 e. The van der Waals surface area contributed by atoms with Gasteiger partial charge in [-0.25, -0.2) is 0 Å². The van der Waals surface area contributed by atoms with Gasteiger partial charge in [0, 0.05) is 6.54 Å². The van der Waals surface area contributed by atoms with Crippen molar-refractivity contribution >= 4 is 5.91 Å². The molecule has 2 nitrogen and oxygen atoms in total. The third-order valence-electron chi connectivity index (χ3n) is 2.56. The Kier molecular flexibility index (Phi) is 3.74. The molecule has 1 fully saturated rings. The quantitative estimate of drug-likeness (QED) is 0.521. The average molecular weight is 179 g/mol. The first kappa shape index (κ1) is 10.0. The summed E-state index contributed by atoms with van der Waals surface area (Å²) in [7, 11) is 0. The summed E-state index contributed by atoms with van der Waals surface area (Å²) in [5.41, 5.74) is 1.35. The van der Waals surface area contributed by atoms with Gasteiger partial charge >= 0.3 is 0 Å². The van der Waals surface area contributed by atoms with Crippen molar-refractivity contribution in [2.45, 2.75) is 25.7 Å². The summed E-state index contributed by atoms with van der Waals surface area (Å²) in [5.74, 6) is 0.568. The molecule has 0 aliphatic heterocycles. The Morgan fingerprint density at radius 3 is 2.69 bits per heavy atom. The van der Waals surface area contributed by atoms with Crippen LogP contribution in [0.25, 0.3) is 0 Å². The molecule has 0 radical (unpaired) electrons. The topological polar surface area (TPSA) is 29.1 Å². The van der Waals surface area contributed by atoms with E-state index in [1.165, 1.54) is 11.6 Å². The third kappa shape index (κ3) is 3.45. The van der Waals surface area contributed by atoms with Crippen molar-refractivity contribution in [2.75, 3.05) is 6.54 Å². The smallest absolute Gasteiger partial charge is 0.243 e. The van der Waals surface area contributed by atoms with Crippen molar-refractivity contribution in [3.05, 3.63) is 24.8 Å². The van der Waals surface area contributed by atoms with Crippen molar-refractivity contribution in [1.29, 1.82) is 0 Å². The molecule has 0 bridgehead atoms. The van der Waals surface area contributed by atoms with Gasteiger partial charge in [0.25, 0.3) is 0 Å². The molecule has 13 heavy (non-hydrogen) atoms. The Morgan fingerprint density at radius 1 is 1.54 bits per heavy atom. The number of carbonyl (C=O) groups is 1. The van der Waals surface area contributed by atoms with Gasteiger partial charge in [-0.2, -0.15) is 0 Å². The van der Waals surface area contributed by atoms with Gasteiger partial charge in [0.05, 0.1) is 0 Å². The van der Waals surface area contributed by atoms with E-state index < -0.39 is 0 Å². The zero-order chi connectivity index (χ0) is 9.68. The molecule has 0 aromatic rings. The maximum atomic E-state index is 10.9. The third-order valence-corrected chi connectivity index (χ3v) is 2.56. The highest BCUT2D eigenvalue weighted by molar-refractivity contribution is 5.86. The van der Waals surface area contributed by atoms with Crippen LogP contribution in [0.1, 0.15) is 25.7 Å². The molecule has 0 aromatic heterocycles. The second kappa shape index (κ2) is 4.85. The van der Waals surface area contributed by atoms with Gasteiger partial charge in [0.1, 0.15) is 0 Å². The number of amides is 1. The summed E-state index contributed by atoms with van der Waals surface area (Å²) in [4.78, 5) is 10.9. The second-order valence-corrected chi connectivity index (χ2v) is 3.64. The van der Waals surface area contributed by atoms with Crippen LogP contribution >= 0.6 is 0 Å². The van der Waals surface area contributed by atoms with E-state index in [1.54, 1.807) is 0 Å². The van der Waals surface area contributed by atoms with Gasteiger partial charge < -0.3 is 5.32 Å². The molecule has 1 rings (SSSR count). The van der Waals surface area contributed by atoms with Gasteiger partial charge in [-0.05, 0) is 37.7 Å². The Hall–Kier alpha value is -1.05. The molecule has 0 atom stereocenters. The Labute approximate surface area is 79.7 Å². The predicted molar refractivity (Wildman–Crippen MR) is 54.3 cm³/mol. The highest BCUT2D eigenvalue weighted by Gasteiger charge is 2.15. The normalized spacial score (nSPS) is 18.3. The zero-order valence-corrected chi connectivity index (χ0v) is 8.01. The monoisotopic (exact) mass is 179 g/mol. The van der Waals surface area contributed by atoms with Crippen molar-refractivity contribution < 1.29 is 4.79 Å². The van der Waals surface area contributed by atoms with Crippen LogP contribution in [0.5, 0.6) is 0 Å². The summed E-state index contributed by atoms with van der Waals surface area (Å²) in [5, 5.41) is 2.83. The lowest BCUT2D eigenvalue weighted by atomic mass is 9.86. The summed E-state index contributed by atoms with van der Waals surface area (Å²) in [6, 6.07) is 0. The Morgan fingerprint density at radius 2 is 2.15 bits per heavy atom. The summed E-state index contributed by atoms with van der Waals surface area (Å²) in [6.45, 7) is 8.16. The molecule has 1 aliphatic carbocycles. The minimum Gasteiger partial charge on any atom is -0.352 e. The molecule has 2 heteroatoms. The molecule has 1 N–H and O–H groups in total. The lowest BCUT2D eigenvalue weighted by Crippen LogP contribution is -2.28. The van der Waals surface area contributed by atoms with Crippen molar-refractivity contribution in [3.63, 3.8) is 0 Å². The predicted octanol–water partition coefficient (Wildman–Crippen LogP) is 2.04. The fourth-order valence-electron chi connectivity index (χ4n) is 1.61. The number of carbonyl (C=O) groups excluding carboxylic acids is 1. The largest absolute Gasteiger partial charge is 0.352 e. The minimum absolute atomic E-state index is 0.0654. The van der Waals surface area contributed by atoms with E-state index in [4.69, 9.17) is 0 Å². The van der Waals surface area contributed by atoms with Gasteiger partial charge in [0.15, 0.2) is 0 Å². The second-order valence-electron chi connectivity index (χ2n) is 3.64. The Bertz CT molecular complexity index is 210. The van der Waals surface area contributed by atoms with E-state index in [0.717, 1.165) is 32.2 Å². The number of hydrogen-bond donors (Lipinski definition) is 1. The fourth-order valence-corrected chi connectivity index (χ4v) is 1.61. The molecular formula is C11H17NO. The maximum absolute atomic E-state index is 10.9. The van der Waals surface area contributed by atoms with E-state index in [9.17, 15) is 4.79 Å². The standard InChI is InChI=1S/C11H17NO/c1-3-11(13)12-8-10-6-4-9(2)5-7-10/h3,10H,1-2,4-8H2,(H,12,13). The molecule has 1 saturated carbocycles. The number of nitrogens with one attached hydrogen (secondary N) is 1. The number of rotatable bonds is 3. The first-order valence-corrected chi connectivity index (χ1v) is 4.79. The van der Waals surface area contributed by atoms with Crippen molar-refractivity contribution in [3.8, 4) is 0 Å². The van der Waals surface area contributed by atoms with Crippen LogP contribution < -0.4 is 5.32 Å². The van der Waals surface area contributed by atoms with Gasteiger partial charge in [-0.3, -0.25) is 4.79 Å². The summed E-state index contributed by atoms with van der Waals surface area (Å²) < 4.78 is 0. The molecular weight excluding hydrogens is 162 g/mol. The molecule has 0 unspecified atom stereocenters. The van der Waals surface area contributed by atoms with Crippen LogP contribution in [-0.2, 0) is 4.79 Å². The number of allylic oxidation sites excluding steroid dienone is 1. The number of hydrogen-bond acceptors (Lipinski definition) is 1. The summed E-state index contributed by atoms with van der Waals surface area (Å²) >= 11 is 0. The van der Waals surface area contributed by atoms with Crippen LogP contribution in [0, 0.1) is 5.92 Å². The first-order valence-electron chi connectivity index (χ1n) is 4.79. The van der Waals surface area contributed by atoms with E-state index in [2.05, 4.69) is 18.5 Å². The van der Waals surface area contributed by atoms with E-state index >= 15 is 0 Å². The van der Waals surface area contributed by atoms with Gasteiger partial charge in [-0.15, -0.1) is 0 Å². The molecule has 0 spiro atoms. The van der Waals surface area contributed by atoms with Crippen LogP contribution in [0.15, 0.2) is 24.8 Å². The SMILES string of the molecule is C=CC(=O)NCC1CCC(=C)CC1.